The van der Waals surface area contributed by atoms with E-state index in [0.29, 0.717) is 24.8 Å². The van der Waals surface area contributed by atoms with E-state index in [2.05, 4.69) is 19.2 Å². The molecule has 1 rings (SSSR count). The molecule has 1 heterocycles. The highest BCUT2D eigenvalue weighted by Crippen LogP contribution is 2.11. The van der Waals surface area contributed by atoms with Gasteiger partial charge in [0, 0.05) is 25.4 Å². The van der Waals surface area contributed by atoms with Crippen molar-refractivity contribution in [2.24, 2.45) is 0 Å². The molecule has 0 radical (unpaired) electrons. The molecule has 74 valence electrons. The lowest BCUT2D eigenvalue weighted by atomic mass is 10.2. The minimum absolute atomic E-state index is 0.116. The zero-order valence-electron chi connectivity index (χ0n) is 8.30. The minimum Gasteiger partial charge on any atom is -0.490 e. The first-order valence-electron chi connectivity index (χ1n) is 4.79. The monoisotopic (exact) mass is 183 g/mol. The van der Waals surface area contributed by atoms with Crippen LogP contribution in [0.2, 0.25) is 0 Å². The van der Waals surface area contributed by atoms with Gasteiger partial charge in [0.1, 0.15) is 0 Å². The van der Waals surface area contributed by atoms with Crippen molar-refractivity contribution in [2.75, 3.05) is 13.2 Å². The fourth-order valence-electron chi connectivity index (χ4n) is 1.21. The van der Waals surface area contributed by atoms with Crippen LogP contribution in [0.1, 0.15) is 26.7 Å². The molecule has 0 saturated carbocycles. The summed E-state index contributed by atoms with van der Waals surface area (Å²) < 4.78 is 5.16. The minimum atomic E-state index is 0.116. The average Bonchev–Trinajstić information content (AvgIpc) is 2.55. The Morgan fingerprint density at radius 1 is 1.69 bits per heavy atom. The van der Waals surface area contributed by atoms with Gasteiger partial charge in [-0.2, -0.15) is 0 Å². The Morgan fingerprint density at radius 2 is 2.46 bits per heavy atom. The summed E-state index contributed by atoms with van der Waals surface area (Å²) in [4.78, 5) is 11.4. The van der Waals surface area contributed by atoms with E-state index in [1.165, 1.54) is 0 Å². The van der Waals surface area contributed by atoms with Crippen LogP contribution < -0.4 is 5.32 Å². The first kappa shape index (κ1) is 10.3. The fourth-order valence-corrected chi connectivity index (χ4v) is 1.21. The molecule has 1 aliphatic heterocycles. The standard InChI is InChI=1S/C10H17NO2/c1-8(2)11-6-5-9(12)10-4-3-7-13-10/h4,8,11H,3,5-7H2,1-2H3. The van der Waals surface area contributed by atoms with Crippen LogP contribution >= 0.6 is 0 Å². The van der Waals surface area contributed by atoms with Crippen LogP contribution in [-0.4, -0.2) is 25.0 Å². The molecule has 0 aromatic carbocycles. The highest BCUT2D eigenvalue weighted by atomic mass is 16.5. The molecule has 0 atom stereocenters. The number of hydrogen-bond acceptors (Lipinski definition) is 3. The summed E-state index contributed by atoms with van der Waals surface area (Å²) in [5, 5.41) is 3.20. The molecule has 1 aliphatic rings. The largest absolute Gasteiger partial charge is 0.490 e. The van der Waals surface area contributed by atoms with Gasteiger partial charge < -0.3 is 10.1 Å². The van der Waals surface area contributed by atoms with Crippen molar-refractivity contribution in [1.29, 1.82) is 0 Å². The second kappa shape index (κ2) is 5.02. The lowest BCUT2D eigenvalue weighted by Gasteiger charge is -2.07. The van der Waals surface area contributed by atoms with Crippen LogP contribution in [0.25, 0.3) is 0 Å². The third-order valence-electron chi connectivity index (χ3n) is 1.88. The van der Waals surface area contributed by atoms with Crippen molar-refractivity contribution in [1.82, 2.24) is 5.32 Å². The maximum Gasteiger partial charge on any atom is 0.198 e. The SMILES string of the molecule is CC(C)NCCC(=O)C1=CCCO1. The Hall–Kier alpha value is -0.830. The van der Waals surface area contributed by atoms with Crippen LogP contribution in [0.4, 0.5) is 0 Å². The molecule has 0 unspecified atom stereocenters. The second-order valence-electron chi connectivity index (χ2n) is 3.49. The summed E-state index contributed by atoms with van der Waals surface area (Å²) in [5.41, 5.74) is 0. The Labute approximate surface area is 79.2 Å². The maximum atomic E-state index is 11.4. The molecule has 0 amide bonds. The van der Waals surface area contributed by atoms with Gasteiger partial charge in [-0.1, -0.05) is 13.8 Å². The molecule has 0 aromatic heterocycles. The topological polar surface area (TPSA) is 38.3 Å². The highest BCUT2D eigenvalue weighted by molar-refractivity contribution is 5.93. The molecule has 0 saturated heterocycles. The number of nitrogens with one attached hydrogen (secondary N) is 1. The first-order chi connectivity index (χ1) is 6.20. The van der Waals surface area contributed by atoms with Crippen molar-refractivity contribution in [3.05, 3.63) is 11.8 Å². The third-order valence-corrected chi connectivity index (χ3v) is 1.88. The quantitative estimate of drug-likeness (QED) is 0.697. The van der Waals surface area contributed by atoms with Crippen molar-refractivity contribution in [2.45, 2.75) is 32.7 Å². The lowest BCUT2D eigenvalue weighted by molar-refractivity contribution is -0.118. The lowest BCUT2D eigenvalue weighted by Crippen LogP contribution is -2.25. The molecule has 13 heavy (non-hydrogen) atoms. The van der Waals surface area contributed by atoms with Gasteiger partial charge in [-0.25, -0.2) is 0 Å². The van der Waals surface area contributed by atoms with E-state index in [9.17, 15) is 4.79 Å². The number of ketones is 1. The van der Waals surface area contributed by atoms with Crippen LogP contribution in [0.5, 0.6) is 0 Å². The number of ether oxygens (including phenoxy) is 1. The number of hydrogen-bond donors (Lipinski definition) is 1. The summed E-state index contributed by atoms with van der Waals surface area (Å²) >= 11 is 0. The number of Topliss-reactive ketones (excluding diaryl/α,β-unsaturated/α-hetero) is 1. The summed E-state index contributed by atoms with van der Waals surface area (Å²) in [5.74, 6) is 0.677. The van der Waals surface area contributed by atoms with Gasteiger partial charge in [-0.05, 0) is 6.08 Å². The van der Waals surface area contributed by atoms with Crippen LogP contribution in [0.15, 0.2) is 11.8 Å². The van der Waals surface area contributed by atoms with E-state index in [-0.39, 0.29) is 5.78 Å². The van der Waals surface area contributed by atoms with E-state index in [4.69, 9.17) is 4.74 Å². The molecule has 0 fully saturated rings. The van der Waals surface area contributed by atoms with E-state index < -0.39 is 0 Å². The van der Waals surface area contributed by atoms with Crippen LogP contribution in [0.3, 0.4) is 0 Å². The molecule has 0 aromatic rings. The van der Waals surface area contributed by atoms with Gasteiger partial charge in [0.05, 0.1) is 6.61 Å². The Balaban J connectivity index is 2.17. The number of allylic oxidation sites excluding steroid dienone is 1. The number of rotatable bonds is 5. The van der Waals surface area contributed by atoms with Gasteiger partial charge >= 0.3 is 0 Å². The van der Waals surface area contributed by atoms with Gasteiger partial charge in [0.25, 0.3) is 0 Å². The van der Waals surface area contributed by atoms with Crippen LogP contribution in [-0.2, 0) is 9.53 Å². The van der Waals surface area contributed by atoms with Gasteiger partial charge in [-0.3, -0.25) is 4.79 Å². The van der Waals surface area contributed by atoms with Crippen molar-refractivity contribution >= 4 is 5.78 Å². The average molecular weight is 183 g/mol. The maximum absolute atomic E-state index is 11.4. The second-order valence-corrected chi connectivity index (χ2v) is 3.49. The molecule has 1 N–H and O–H groups in total. The zero-order chi connectivity index (χ0) is 9.68. The molecule has 0 spiro atoms. The van der Waals surface area contributed by atoms with Crippen molar-refractivity contribution in [3.8, 4) is 0 Å². The van der Waals surface area contributed by atoms with Crippen molar-refractivity contribution in [3.63, 3.8) is 0 Å². The van der Waals surface area contributed by atoms with Crippen molar-refractivity contribution < 1.29 is 9.53 Å². The Kier molecular flexibility index (Phi) is 3.96. The molecule has 3 heteroatoms. The van der Waals surface area contributed by atoms with Crippen LogP contribution in [0, 0.1) is 0 Å². The molecular weight excluding hydrogens is 166 g/mol. The zero-order valence-corrected chi connectivity index (χ0v) is 8.30. The van der Waals surface area contributed by atoms with E-state index >= 15 is 0 Å². The third kappa shape index (κ3) is 3.59. The Morgan fingerprint density at radius 3 is 3.00 bits per heavy atom. The first-order valence-corrected chi connectivity index (χ1v) is 4.79. The summed E-state index contributed by atoms with van der Waals surface area (Å²) in [6, 6.07) is 0.436. The Bertz CT molecular complexity index is 209. The number of carbonyl (C=O) groups is 1. The fraction of sp³-hybridized carbons (Fsp3) is 0.700. The predicted octanol–water partition coefficient (Wildman–Crippen LogP) is 1.25. The van der Waals surface area contributed by atoms with E-state index in [1.807, 2.05) is 6.08 Å². The van der Waals surface area contributed by atoms with E-state index in [1.54, 1.807) is 0 Å². The smallest absolute Gasteiger partial charge is 0.198 e. The van der Waals surface area contributed by atoms with Gasteiger partial charge in [0.2, 0.25) is 0 Å². The summed E-state index contributed by atoms with van der Waals surface area (Å²) in [6.45, 7) is 5.53. The predicted molar refractivity (Wildman–Crippen MR) is 51.4 cm³/mol. The highest BCUT2D eigenvalue weighted by Gasteiger charge is 2.13. The molecule has 0 aliphatic carbocycles. The van der Waals surface area contributed by atoms with E-state index in [0.717, 1.165) is 13.0 Å². The normalized spacial score (nSPS) is 15.8. The molecule has 3 nitrogen and oxygen atoms in total. The van der Waals surface area contributed by atoms with Gasteiger partial charge in [0.15, 0.2) is 11.5 Å². The number of carbonyl (C=O) groups excluding carboxylic acids is 1. The molecular formula is C10H17NO2. The summed E-state index contributed by atoms with van der Waals surface area (Å²) in [6.07, 6.45) is 3.28. The summed E-state index contributed by atoms with van der Waals surface area (Å²) in [7, 11) is 0. The molecule has 0 bridgehead atoms. The van der Waals surface area contributed by atoms with Gasteiger partial charge in [-0.15, -0.1) is 0 Å².